The number of halogens is 1. The third-order valence-corrected chi connectivity index (χ3v) is 5.96. The SMILES string of the molecule is CN(C)[C@H]1CCN(Cc2ccc(-c3ccc(Cl)cc3)cc2)C[C@H]1CCCO. The second-order valence-electron chi connectivity index (χ2n) is 7.88. The van der Waals surface area contributed by atoms with Crippen molar-refractivity contribution in [1.29, 1.82) is 0 Å². The van der Waals surface area contributed by atoms with Crippen molar-refractivity contribution in [2.75, 3.05) is 33.8 Å². The molecule has 0 aromatic heterocycles. The van der Waals surface area contributed by atoms with Gasteiger partial charge in [-0.05, 0) is 74.6 Å². The third-order valence-electron chi connectivity index (χ3n) is 5.71. The van der Waals surface area contributed by atoms with Gasteiger partial charge in [0, 0.05) is 30.8 Å². The van der Waals surface area contributed by atoms with Gasteiger partial charge in [-0.3, -0.25) is 4.90 Å². The molecule has 4 heteroatoms. The van der Waals surface area contributed by atoms with Gasteiger partial charge in [0.1, 0.15) is 0 Å². The fourth-order valence-corrected chi connectivity index (χ4v) is 4.38. The zero-order valence-electron chi connectivity index (χ0n) is 16.4. The van der Waals surface area contributed by atoms with Crippen molar-refractivity contribution in [3.05, 3.63) is 59.1 Å². The van der Waals surface area contributed by atoms with E-state index in [1.54, 1.807) is 0 Å². The van der Waals surface area contributed by atoms with Crippen molar-refractivity contribution in [2.24, 2.45) is 5.92 Å². The number of aliphatic hydroxyl groups excluding tert-OH is 1. The van der Waals surface area contributed by atoms with Crippen LogP contribution in [0.5, 0.6) is 0 Å². The fourth-order valence-electron chi connectivity index (χ4n) is 4.26. The van der Waals surface area contributed by atoms with E-state index < -0.39 is 0 Å². The maximum atomic E-state index is 9.22. The van der Waals surface area contributed by atoms with Crippen molar-refractivity contribution in [3.8, 4) is 11.1 Å². The lowest BCUT2D eigenvalue weighted by atomic mass is 9.87. The molecule has 0 bridgehead atoms. The predicted molar refractivity (Wildman–Crippen MR) is 114 cm³/mol. The minimum absolute atomic E-state index is 0.294. The molecule has 0 radical (unpaired) electrons. The normalized spacial score (nSPS) is 20.9. The molecule has 3 nitrogen and oxygen atoms in total. The smallest absolute Gasteiger partial charge is 0.0431 e. The van der Waals surface area contributed by atoms with Gasteiger partial charge < -0.3 is 10.0 Å². The van der Waals surface area contributed by atoms with Crippen molar-refractivity contribution in [2.45, 2.75) is 31.8 Å². The number of aliphatic hydroxyl groups is 1. The van der Waals surface area contributed by atoms with Crippen molar-refractivity contribution >= 4 is 11.6 Å². The number of rotatable bonds is 7. The third kappa shape index (κ3) is 5.55. The molecule has 2 aromatic rings. The summed E-state index contributed by atoms with van der Waals surface area (Å²) in [6, 6.07) is 17.5. The van der Waals surface area contributed by atoms with Crippen molar-refractivity contribution in [1.82, 2.24) is 9.80 Å². The van der Waals surface area contributed by atoms with Gasteiger partial charge in [0.2, 0.25) is 0 Å². The molecular weight excluding hydrogens is 356 g/mol. The van der Waals surface area contributed by atoms with Crippen LogP contribution < -0.4 is 0 Å². The lowest BCUT2D eigenvalue weighted by molar-refractivity contribution is 0.0717. The minimum Gasteiger partial charge on any atom is -0.396 e. The first kappa shape index (κ1) is 20.3. The Kier molecular flexibility index (Phi) is 7.31. The molecule has 1 aliphatic heterocycles. The zero-order chi connectivity index (χ0) is 19.2. The monoisotopic (exact) mass is 386 g/mol. The molecule has 1 aliphatic rings. The van der Waals surface area contributed by atoms with Crippen LogP contribution in [0.4, 0.5) is 0 Å². The van der Waals surface area contributed by atoms with Gasteiger partial charge >= 0.3 is 0 Å². The van der Waals surface area contributed by atoms with Crippen LogP contribution in [0.2, 0.25) is 5.02 Å². The van der Waals surface area contributed by atoms with Crippen molar-refractivity contribution in [3.63, 3.8) is 0 Å². The number of hydrogen-bond acceptors (Lipinski definition) is 3. The molecular formula is C23H31ClN2O. The molecule has 2 aromatic carbocycles. The molecule has 27 heavy (non-hydrogen) atoms. The Bertz CT molecular complexity index is 699. The van der Waals surface area contributed by atoms with E-state index in [2.05, 4.69) is 60.3 Å². The number of piperidine rings is 1. The second kappa shape index (κ2) is 9.70. The lowest BCUT2D eigenvalue weighted by Crippen LogP contribution is -2.48. The second-order valence-corrected chi connectivity index (χ2v) is 8.32. The number of benzene rings is 2. The standard InChI is InChI=1S/C23H31ClN2O/c1-25(2)23-13-14-26(17-21(23)4-3-15-27)16-18-5-7-19(8-6-18)20-9-11-22(24)12-10-20/h5-12,21,23,27H,3-4,13-17H2,1-2H3/t21-,23+/m1/s1. The zero-order valence-corrected chi connectivity index (χ0v) is 17.2. The van der Waals surface area contributed by atoms with Gasteiger partial charge in [-0.15, -0.1) is 0 Å². The molecule has 1 heterocycles. The summed E-state index contributed by atoms with van der Waals surface area (Å²) in [6.45, 7) is 3.54. The molecule has 0 amide bonds. The van der Waals surface area contributed by atoms with Gasteiger partial charge in [0.15, 0.2) is 0 Å². The summed E-state index contributed by atoms with van der Waals surface area (Å²) in [5.41, 5.74) is 3.78. The minimum atomic E-state index is 0.294. The van der Waals surface area contributed by atoms with E-state index in [0.29, 0.717) is 18.6 Å². The highest BCUT2D eigenvalue weighted by Gasteiger charge is 2.30. The Morgan fingerprint density at radius 3 is 2.26 bits per heavy atom. The van der Waals surface area contributed by atoms with E-state index in [1.807, 2.05) is 12.1 Å². The van der Waals surface area contributed by atoms with E-state index in [1.165, 1.54) is 23.1 Å². The summed E-state index contributed by atoms with van der Waals surface area (Å²) < 4.78 is 0. The van der Waals surface area contributed by atoms with Gasteiger partial charge in [-0.2, -0.15) is 0 Å². The van der Waals surface area contributed by atoms with Crippen LogP contribution in [0, 0.1) is 5.92 Å². The van der Waals surface area contributed by atoms with Crippen LogP contribution in [0.15, 0.2) is 48.5 Å². The van der Waals surface area contributed by atoms with Crippen molar-refractivity contribution < 1.29 is 5.11 Å². The summed E-state index contributed by atoms with van der Waals surface area (Å²) in [5, 5.41) is 9.99. The van der Waals surface area contributed by atoms with E-state index >= 15 is 0 Å². The average Bonchev–Trinajstić information content (AvgIpc) is 2.67. The maximum Gasteiger partial charge on any atom is 0.0431 e. The molecule has 0 spiro atoms. The first-order chi connectivity index (χ1) is 13.1. The summed E-state index contributed by atoms with van der Waals surface area (Å²) in [6.07, 6.45) is 3.20. The van der Waals surface area contributed by atoms with E-state index in [-0.39, 0.29) is 0 Å². The van der Waals surface area contributed by atoms with Gasteiger partial charge in [0.05, 0.1) is 0 Å². The lowest BCUT2D eigenvalue weighted by Gasteiger charge is -2.41. The molecule has 0 saturated carbocycles. The highest BCUT2D eigenvalue weighted by atomic mass is 35.5. The van der Waals surface area contributed by atoms with E-state index in [4.69, 9.17) is 11.6 Å². The van der Waals surface area contributed by atoms with Gasteiger partial charge in [-0.25, -0.2) is 0 Å². The first-order valence-electron chi connectivity index (χ1n) is 9.91. The summed E-state index contributed by atoms with van der Waals surface area (Å²) in [5.74, 6) is 0.634. The average molecular weight is 387 g/mol. The number of nitrogens with zero attached hydrogens (tertiary/aromatic N) is 2. The molecule has 1 saturated heterocycles. The van der Waals surface area contributed by atoms with Crippen LogP contribution in [0.3, 0.4) is 0 Å². The van der Waals surface area contributed by atoms with Gasteiger partial charge in [-0.1, -0.05) is 48.0 Å². The van der Waals surface area contributed by atoms with Crippen LogP contribution in [0.25, 0.3) is 11.1 Å². The number of likely N-dealkylation sites (tertiary alicyclic amines) is 1. The molecule has 0 aliphatic carbocycles. The summed E-state index contributed by atoms with van der Waals surface area (Å²) in [4.78, 5) is 4.93. The maximum absolute atomic E-state index is 9.22. The summed E-state index contributed by atoms with van der Waals surface area (Å²) >= 11 is 5.98. The first-order valence-corrected chi connectivity index (χ1v) is 10.3. The summed E-state index contributed by atoms with van der Waals surface area (Å²) in [7, 11) is 4.36. The van der Waals surface area contributed by atoms with Crippen LogP contribution in [0.1, 0.15) is 24.8 Å². The van der Waals surface area contributed by atoms with E-state index in [9.17, 15) is 5.11 Å². The van der Waals surface area contributed by atoms with Crippen LogP contribution in [-0.2, 0) is 6.54 Å². The van der Waals surface area contributed by atoms with Gasteiger partial charge in [0.25, 0.3) is 0 Å². The molecule has 0 unspecified atom stereocenters. The predicted octanol–water partition coefficient (Wildman–Crippen LogP) is 4.53. The highest BCUT2D eigenvalue weighted by molar-refractivity contribution is 6.30. The molecule has 2 atom stereocenters. The quantitative estimate of drug-likeness (QED) is 0.757. The van der Waals surface area contributed by atoms with Crippen LogP contribution >= 0.6 is 11.6 Å². The topological polar surface area (TPSA) is 26.7 Å². The Labute approximate surface area is 168 Å². The molecule has 3 rings (SSSR count). The Hall–Kier alpha value is -1.39. The van der Waals surface area contributed by atoms with E-state index in [0.717, 1.165) is 37.5 Å². The number of hydrogen-bond donors (Lipinski definition) is 1. The Morgan fingerprint density at radius 2 is 1.67 bits per heavy atom. The van der Waals surface area contributed by atoms with Crippen LogP contribution in [-0.4, -0.2) is 54.7 Å². The molecule has 1 N–H and O–H groups in total. The largest absolute Gasteiger partial charge is 0.396 e. The Balaban J connectivity index is 1.62. The highest BCUT2D eigenvalue weighted by Crippen LogP contribution is 2.27. The Morgan fingerprint density at radius 1 is 1.04 bits per heavy atom. The molecule has 1 fully saturated rings. The molecule has 146 valence electrons. The fraction of sp³-hybridized carbons (Fsp3) is 0.478.